The Kier molecular flexibility index (Phi) is 8.92. The van der Waals surface area contributed by atoms with E-state index in [0.29, 0.717) is 16.7 Å². The number of hydrogen-bond acceptors (Lipinski definition) is 5. The maximum absolute atomic E-state index is 13.2. The van der Waals surface area contributed by atoms with Crippen LogP contribution in [-0.4, -0.2) is 18.7 Å². The molecule has 2 aromatic rings. The van der Waals surface area contributed by atoms with E-state index in [0.717, 1.165) is 96.1 Å². The molecule has 7 rings (SSSR count). The minimum atomic E-state index is -0.315. The van der Waals surface area contributed by atoms with Crippen molar-refractivity contribution in [1.82, 2.24) is 0 Å². The van der Waals surface area contributed by atoms with E-state index >= 15 is 0 Å². The third-order valence-corrected chi connectivity index (χ3v) is 14.1. The van der Waals surface area contributed by atoms with Crippen LogP contribution in [0.4, 0.5) is 0 Å². The van der Waals surface area contributed by atoms with Gasteiger partial charge in [-0.25, -0.2) is 9.59 Å². The lowest BCUT2D eigenvalue weighted by molar-refractivity contribution is -0.153. The van der Waals surface area contributed by atoms with E-state index in [1.807, 2.05) is 19.1 Å². The highest BCUT2D eigenvalue weighted by atomic mass is 16.6. The van der Waals surface area contributed by atoms with Gasteiger partial charge in [0.25, 0.3) is 0 Å². The lowest BCUT2D eigenvalue weighted by atomic mass is 9.47. The van der Waals surface area contributed by atoms with Crippen LogP contribution >= 0.6 is 0 Å². The summed E-state index contributed by atoms with van der Waals surface area (Å²) in [6.07, 6.45) is 18.8. The summed E-state index contributed by atoms with van der Waals surface area (Å²) >= 11 is 0. The quantitative estimate of drug-likeness (QED) is 0.155. The summed E-state index contributed by atoms with van der Waals surface area (Å²) in [5.74, 6) is 5.24. The third-order valence-electron chi connectivity index (χ3n) is 14.1. The summed E-state index contributed by atoms with van der Waals surface area (Å²) in [6, 6.07) is 3.83. The molecule has 3 saturated carbocycles. The van der Waals surface area contributed by atoms with Gasteiger partial charge in [-0.2, -0.15) is 0 Å². The van der Waals surface area contributed by atoms with Crippen LogP contribution in [0.2, 0.25) is 0 Å². The second-order valence-corrected chi connectivity index (χ2v) is 17.3. The zero-order valence-electron chi connectivity index (χ0n) is 29.9. The second-order valence-electron chi connectivity index (χ2n) is 17.3. The molecular formula is C42H58O5. The number of fused-ring (bicyclic) bond motifs is 8. The highest BCUT2D eigenvalue weighted by Gasteiger charge is 2.59. The first-order valence-electron chi connectivity index (χ1n) is 19.1. The molecule has 0 aliphatic heterocycles. The van der Waals surface area contributed by atoms with Gasteiger partial charge >= 0.3 is 11.6 Å². The first kappa shape index (κ1) is 33.0. The molecule has 256 valence electrons. The average molecular weight is 643 g/mol. The minimum Gasteiger partial charge on any atom is -0.481 e. The zero-order valence-corrected chi connectivity index (χ0v) is 29.9. The lowest BCUT2D eigenvalue weighted by Gasteiger charge is -2.58. The van der Waals surface area contributed by atoms with E-state index in [1.54, 1.807) is 5.57 Å². The molecule has 0 amide bonds. The van der Waals surface area contributed by atoms with Gasteiger partial charge in [-0.05, 0) is 141 Å². The highest BCUT2D eigenvalue weighted by molar-refractivity contribution is 5.89. The maximum atomic E-state index is 13.2. The van der Waals surface area contributed by atoms with Crippen molar-refractivity contribution >= 4 is 16.9 Å². The monoisotopic (exact) mass is 642 g/mol. The average Bonchev–Trinajstić information content (AvgIpc) is 3.65. The Labute approximate surface area is 282 Å². The standard InChI is InChI=1S/C42H58O5/c1-25(2)9-7-10-27(4)33-15-16-34-32-14-13-28-23-29(17-19-41(28,5)35(32)18-20-42(33,34)6)46-38(43)24-45-36-21-26(3)22-37-39(36)30-11-8-12-31(30)40(44)47-37/h13,21-22,25,27,29,32-35H,7-12,14-20,23-24H2,1-6H3/t27-,29+,32+,33-,34+,35-,41+,42-/m1/s1. The maximum Gasteiger partial charge on any atom is 0.344 e. The molecule has 0 spiro atoms. The van der Waals surface area contributed by atoms with E-state index in [9.17, 15) is 9.59 Å². The van der Waals surface area contributed by atoms with Gasteiger partial charge in [0.05, 0.1) is 5.39 Å². The summed E-state index contributed by atoms with van der Waals surface area (Å²) in [5.41, 5.74) is 5.27. The zero-order chi connectivity index (χ0) is 33.1. The van der Waals surface area contributed by atoms with Crippen LogP contribution in [0.15, 0.2) is 33.0 Å². The van der Waals surface area contributed by atoms with Gasteiger partial charge in [0.2, 0.25) is 0 Å². The van der Waals surface area contributed by atoms with Gasteiger partial charge in [-0.15, -0.1) is 0 Å². The molecule has 5 nitrogen and oxygen atoms in total. The fraction of sp³-hybridized carbons (Fsp3) is 0.714. The van der Waals surface area contributed by atoms with Crippen LogP contribution in [0.25, 0.3) is 11.0 Å². The van der Waals surface area contributed by atoms with Gasteiger partial charge in [-0.3, -0.25) is 0 Å². The minimum absolute atomic E-state index is 0.0881. The van der Waals surface area contributed by atoms with Crippen molar-refractivity contribution in [2.75, 3.05) is 6.61 Å². The summed E-state index contributed by atoms with van der Waals surface area (Å²) in [7, 11) is 0. The molecule has 5 aliphatic carbocycles. The van der Waals surface area contributed by atoms with E-state index in [1.165, 1.54) is 51.4 Å². The fourth-order valence-electron chi connectivity index (χ4n) is 11.7. The fourth-order valence-corrected chi connectivity index (χ4v) is 11.7. The predicted molar refractivity (Wildman–Crippen MR) is 188 cm³/mol. The van der Waals surface area contributed by atoms with Crippen LogP contribution < -0.4 is 10.4 Å². The van der Waals surface area contributed by atoms with Crippen molar-refractivity contribution in [3.8, 4) is 5.75 Å². The van der Waals surface area contributed by atoms with Crippen molar-refractivity contribution in [3.63, 3.8) is 0 Å². The summed E-state index contributed by atoms with van der Waals surface area (Å²) in [5, 5.41) is 0.837. The Morgan fingerprint density at radius 3 is 2.62 bits per heavy atom. The first-order valence-corrected chi connectivity index (χ1v) is 19.1. The molecule has 0 saturated heterocycles. The number of aryl methyl sites for hydroxylation is 2. The van der Waals surface area contributed by atoms with Crippen LogP contribution in [-0.2, 0) is 22.4 Å². The molecule has 0 unspecified atom stereocenters. The van der Waals surface area contributed by atoms with Crippen LogP contribution in [0.5, 0.6) is 5.75 Å². The number of carbonyl (C=O) groups excluding carboxylic acids is 1. The number of allylic oxidation sites excluding steroid dienone is 1. The SMILES string of the molecule is Cc1cc(OCC(=O)O[C@H]2CC[C@@]3(C)C(=CC[C@@H]4[C@H]3CC[C@]3(C)[C@@H]([C@H](C)CCCC(C)C)CC[C@@H]43)C2)c2c3c(c(=O)oc2c1)CCC3. The summed E-state index contributed by atoms with van der Waals surface area (Å²) in [4.78, 5) is 25.7. The third kappa shape index (κ3) is 5.90. The van der Waals surface area contributed by atoms with Gasteiger partial charge in [0.15, 0.2) is 6.61 Å². The molecular weight excluding hydrogens is 584 g/mol. The van der Waals surface area contributed by atoms with Crippen LogP contribution in [0.3, 0.4) is 0 Å². The lowest BCUT2D eigenvalue weighted by Crippen LogP contribution is -2.51. The predicted octanol–water partition coefficient (Wildman–Crippen LogP) is 9.92. The molecule has 0 radical (unpaired) electrons. The first-order chi connectivity index (χ1) is 22.5. The molecule has 1 aromatic heterocycles. The highest BCUT2D eigenvalue weighted by Crippen LogP contribution is 2.67. The Morgan fingerprint density at radius 2 is 1.81 bits per heavy atom. The summed E-state index contributed by atoms with van der Waals surface area (Å²) < 4.78 is 17.9. The van der Waals surface area contributed by atoms with E-state index in [-0.39, 0.29) is 29.7 Å². The van der Waals surface area contributed by atoms with Crippen molar-refractivity contribution in [3.05, 3.63) is 50.9 Å². The van der Waals surface area contributed by atoms with Gasteiger partial charge in [0.1, 0.15) is 17.4 Å². The van der Waals surface area contributed by atoms with Gasteiger partial charge in [-0.1, -0.05) is 65.5 Å². The molecule has 5 heteroatoms. The molecule has 47 heavy (non-hydrogen) atoms. The van der Waals surface area contributed by atoms with Crippen molar-refractivity contribution < 1.29 is 18.7 Å². The molecule has 0 N–H and O–H groups in total. The topological polar surface area (TPSA) is 65.7 Å². The van der Waals surface area contributed by atoms with E-state index in [2.05, 4.69) is 40.7 Å². The molecule has 0 bridgehead atoms. The molecule has 5 aliphatic rings. The smallest absolute Gasteiger partial charge is 0.344 e. The molecule has 1 heterocycles. The Hall–Kier alpha value is -2.56. The number of benzene rings is 1. The van der Waals surface area contributed by atoms with Gasteiger partial charge in [0, 0.05) is 12.0 Å². The van der Waals surface area contributed by atoms with Crippen LogP contribution in [0.1, 0.15) is 128 Å². The molecule has 8 atom stereocenters. The Morgan fingerprint density at radius 1 is 1.00 bits per heavy atom. The number of ether oxygens (including phenoxy) is 2. The summed E-state index contributed by atoms with van der Waals surface area (Å²) in [6.45, 7) is 14.3. The Bertz CT molecular complexity index is 1600. The normalized spacial score (nSPS) is 33.5. The number of esters is 1. The number of hydrogen-bond donors (Lipinski definition) is 0. The van der Waals surface area contributed by atoms with Crippen molar-refractivity contribution in [1.29, 1.82) is 0 Å². The van der Waals surface area contributed by atoms with Gasteiger partial charge < -0.3 is 13.9 Å². The largest absolute Gasteiger partial charge is 0.481 e. The Balaban J connectivity index is 0.987. The van der Waals surface area contributed by atoms with E-state index < -0.39 is 0 Å². The number of carbonyl (C=O) groups is 1. The van der Waals surface area contributed by atoms with Crippen LogP contribution in [0, 0.1) is 53.3 Å². The molecule has 3 fully saturated rings. The van der Waals surface area contributed by atoms with Crippen molar-refractivity contribution in [2.24, 2.45) is 46.3 Å². The molecule has 1 aromatic carbocycles. The number of rotatable bonds is 9. The van der Waals surface area contributed by atoms with E-state index in [4.69, 9.17) is 13.9 Å². The second kappa shape index (κ2) is 12.7. The van der Waals surface area contributed by atoms with Crippen molar-refractivity contribution in [2.45, 2.75) is 138 Å².